The fraction of sp³-hybridized carbons (Fsp3) is 0.350. The highest BCUT2D eigenvalue weighted by Crippen LogP contribution is 2.48. The van der Waals surface area contributed by atoms with E-state index >= 15 is 0 Å². The van der Waals surface area contributed by atoms with Crippen LogP contribution in [0.1, 0.15) is 36.4 Å². The molecule has 0 spiro atoms. The van der Waals surface area contributed by atoms with Crippen molar-refractivity contribution in [2.24, 2.45) is 5.92 Å². The molecule has 2 aliphatic heterocycles. The van der Waals surface area contributed by atoms with Gasteiger partial charge in [-0.2, -0.15) is 4.31 Å². The van der Waals surface area contributed by atoms with Gasteiger partial charge >= 0.3 is 0 Å². The van der Waals surface area contributed by atoms with Crippen LogP contribution in [0.3, 0.4) is 0 Å². The van der Waals surface area contributed by atoms with Gasteiger partial charge in [-0.1, -0.05) is 48.0 Å². The summed E-state index contributed by atoms with van der Waals surface area (Å²) in [7, 11) is -3.65. The number of nitrogens with zero attached hydrogens (tertiary/aromatic N) is 1. The van der Waals surface area contributed by atoms with Gasteiger partial charge in [0.25, 0.3) is 0 Å². The predicted molar refractivity (Wildman–Crippen MR) is 95.5 cm³/mol. The van der Waals surface area contributed by atoms with E-state index in [1.165, 1.54) is 0 Å². The van der Waals surface area contributed by atoms with Crippen LogP contribution in [0.2, 0.25) is 0 Å². The normalized spacial score (nSPS) is 26.8. The first kappa shape index (κ1) is 16.5. The summed E-state index contributed by atoms with van der Waals surface area (Å²) in [5, 5.41) is 0. The van der Waals surface area contributed by atoms with E-state index in [1.54, 1.807) is 16.4 Å². The van der Waals surface area contributed by atoms with E-state index in [0.717, 1.165) is 24.0 Å². The Balaban J connectivity index is 1.83. The van der Waals surface area contributed by atoms with Gasteiger partial charge in [0.05, 0.1) is 10.9 Å². The molecule has 0 unspecified atom stereocenters. The summed E-state index contributed by atoms with van der Waals surface area (Å²) >= 11 is 0. The maximum Gasteiger partial charge on any atom is 0.243 e. The summed E-state index contributed by atoms with van der Waals surface area (Å²) in [5.41, 5.74) is 1.93. The Morgan fingerprint density at radius 3 is 2.28 bits per heavy atom. The molecule has 5 rings (SSSR count). The third-order valence-electron chi connectivity index (χ3n) is 5.41. The van der Waals surface area contributed by atoms with Crippen LogP contribution in [-0.4, -0.2) is 24.5 Å². The summed E-state index contributed by atoms with van der Waals surface area (Å²) in [6.07, 6.45) is 1.85. The molecule has 2 aromatic carbocycles. The van der Waals surface area contributed by atoms with Gasteiger partial charge in [-0.15, -0.1) is 0 Å². The molecule has 0 aromatic heterocycles. The lowest BCUT2D eigenvalue weighted by molar-refractivity contribution is -0.133. The number of carbonyl (C=O) groups excluding carboxylic acids is 1. The fourth-order valence-corrected chi connectivity index (χ4v) is 6.04. The minimum atomic E-state index is -3.65. The summed E-state index contributed by atoms with van der Waals surface area (Å²) < 4.78 is 28.4. The summed E-state index contributed by atoms with van der Waals surface area (Å²) in [6.45, 7) is 1.94. The van der Waals surface area contributed by atoms with Crippen molar-refractivity contribution in [3.05, 3.63) is 65.7 Å². The minimum Gasteiger partial charge on any atom is -0.299 e. The van der Waals surface area contributed by atoms with Crippen molar-refractivity contribution in [2.75, 3.05) is 0 Å². The summed E-state index contributed by atoms with van der Waals surface area (Å²) in [5.74, 6) is -0.0481. The molecule has 3 atom stereocenters. The molecule has 1 saturated carbocycles. The molecule has 3 aliphatic rings. The van der Waals surface area contributed by atoms with Crippen molar-refractivity contribution in [1.29, 1.82) is 0 Å². The van der Waals surface area contributed by atoms with Crippen molar-refractivity contribution in [2.45, 2.75) is 43.2 Å². The number of fused-ring (bicyclic) bond motifs is 3. The second kappa shape index (κ2) is 6.07. The van der Waals surface area contributed by atoms with Gasteiger partial charge < -0.3 is 0 Å². The number of ketones is 1. The first-order chi connectivity index (χ1) is 12.0. The van der Waals surface area contributed by atoms with Crippen LogP contribution in [0.15, 0.2) is 59.5 Å². The number of sulfonamides is 1. The number of hydrogen-bond acceptors (Lipinski definition) is 3. The molecule has 2 heterocycles. The maximum absolute atomic E-state index is 13.4. The van der Waals surface area contributed by atoms with E-state index < -0.39 is 16.1 Å². The highest BCUT2D eigenvalue weighted by Gasteiger charge is 2.52. The Morgan fingerprint density at radius 1 is 0.960 bits per heavy atom. The second-order valence-electron chi connectivity index (χ2n) is 7.01. The zero-order chi connectivity index (χ0) is 17.6. The molecule has 0 N–H and O–H groups in total. The van der Waals surface area contributed by atoms with Crippen molar-refractivity contribution in [3.63, 3.8) is 0 Å². The summed E-state index contributed by atoms with van der Waals surface area (Å²) in [4.78, 5) is 12.8. The summed E-state index contributed by atoms with van der Waals surface area (Å²) in [6, 6.07) is 15.9. The molecule has 25 heavy (non-hydrogen) atoms. The molecule has 3 fully saturated rings. The third-order valence-corrected chi connectivity index (χ3v) is 7.36. The topological polar surface area (TPSA) is 54.5 Å². The quantitative estimate of drug-likeness (QED) is 0.847. The third kappa shape index (κ3) is 2.71. The van der Waals surface area contributed by atoms with Crippen LogP contribution in [0, 0.1) is 12.8 Å². The van der Waals surface area contributed by atoms with Crippen LogP contribution in [-0.2, 0) is 14.8 Å². The molecule has 2 aromatic rings. The van der Waals surface area contributed by atoms with Gasteiger partial charge in [0.15, 0.2) is 0 Å². The average molecular weight is 355 g/mol. The Labute approximate surface area is 148 Å². The predicted octanol–water partition coefficient (Wildman–Crippen LogP) is 3.48. The molecule has 2 saturated heterocycles. The molecule has 4 nitrogen and oxygen atoms in total. The van der Waals surface area contributed by atoms with E-state index in [0.29, 0.717) is 11.3 Å². The molecule has 5 heteroatoms. The van der Waals surface area contributed by atoms with Gasteiger partial charge in [-0.25, -0.2) is 8.42 Å². The highest BCUT2D eigenvalue weighted by atomic mass is 32.2. The number of piperidine rings is 2. The van der Waals surface area contributed by atoms with Crippen LogP contribution < -0.4 is 0 Å². The molecular formula is C20H21NO3S. The van der Waals surface area contributed by atoms with Crippen LogP contribution >= 0.6 is 0 Å². The minimum absolute atomic E-state index is 0.195. The smallest absolute Gasteiger partial charge is 0.243 e. The molecule has 130 valence electrons. The van der Waals surface area contributed by atoms with Gasteiger partial charge in [0.2, 0.25) is 10.0 Å². The Morgan fingerprint density at radius 2 is 1.64 bits per heavy atom. The van der Waals surface area contributed by atoms with Crippen LogP contribution in [0.4, 0.5) is 0 Å². The number of hydrogen-bond donors (Lipinski definition) is 0. The Kier molecular flexibility index (Phi) is 4.01. The van der Waals surface area contributed by atoms with Gasteiger partial charge in [-0.3, -0.25) is 4.79 Å². The van der Waals surface area contributed by atoms with Crippen LogP contribution in [0.25, 0.3) is 0 Å². The van der Waals surface area contributed by atoms with E-state index in [2.05, 4.69) is 0 Å². The van der Waals surface area contributed by atoms with Crippen molar-refractivity contribution in [1.82, 2.24) is 4.31 Å². The largest absolute Gasteiger partial charge is 0.299 e. The van der Waals surface area contributed by atoms with Gasteiger partial charge in [-0.05, 0) is 37.5 Å². The Bertz CT molecular complexity index is 890. The number of Topliss-reactive ketones (excluding diaryl/α,β-unsaturated/α-hetero) is 1. The maximum atomic E-state index is 13.4. The average Bonchev–Trinajstić information content (AvgIpc) is 2.62. The zero-order valence-corrected chi connectivity index (χ0v) is 14.9. The van der Waals surface area contributed by atoms with Crippen molar-refractivity contribution >= 4 is 15.8 Å². The van der Waals surface area contributed by atoms with E-state index in [1.807, 2.05) is 49.4 Å². The molecule has 0 amide bonds. The Hall–Kier alpha value is -1.98. The van der Waals surface area contributed by atoms with E-state index in [-0.39, 0.29) is 17.7 Å². The highest BCUT2D eigenvalue weighted by molar-refractivity contribution is 7.89. The van der Waals surface area contributed by atoms with E-state index in [4.69, 9.17) is 0 Å². The number of rotatable bonds is 3. The monoisotopic (exact) mass is 355 g/mol. The molecular weight excluding hydrogens is 334 g/mol. The fourth-order valence-electron chi connectivity index (χ4n) is 4.18. The lowest BCUT2D eigenvalue weighted by Gasteiger charge is -2.49. The second-order valence-corrected chi connectivity index (χ2v) is 8.85. The van der Waals surface area contributed by atoms with Gasteiger partial charge in [0.1, 0.15) is 5.78 Å². The lowest BCUT2D eigenvalue weighted by Crippen LogP contribution is -2.56. The van der Waals surface area contributed by atoms with Crippen molar-refractivity contribution in [3.8, 4) is 0 Å². The first-order valence-corrected chi connectivity index (χ1v) is 10.1. The number of carbonyl (C=O) groups is 1. The lowest BCUT2D eigenvalue weighted by atomic mass is 9.73. The number of benzene rings is 2. The van der Waals surface area contributed by atoms with Crippen LogP contribution in [0.5, 0.6) is 0 Å². The first-order valence-electron chi connectivity index (χ1n) is 8.66. The van der Waals surface area contributed by atoms with Crippen molar-refractivity contribution < 1.29 is 13.2 Å². The zero-order valence-electron chi connectivity index (χ0n) is 14.1. The molecule has 2 bridgehead atoms. The molecule has 1 aliphatic carbocycles. The SMILES string of the molecule is Cc1ccc(S(=O)(=O)N2[C@@H]3CC[C@@H](C(=O)C3)[C@@H]2c2ccccc2)cc1. The number of aryl methyl sites for hydroxylation is 1. The van der Waals surface area contributed by atoms with Gasteiger partial charge in [0, 0.05) is 18.4 Å². The standard InChI is InChI=1S/C20H21NO3S/c1-14-7-10-17(11-8-14)25(23,24)21-16-9-12-18(19(22)13-16)20(21)15-5-3-2-4-6-15/h2-8,10-11,16,18,20H,9,12-13H2,1H3/t16-,18+,20+/m1/s1. The molecule has 0 radical (unpaired) electrons. The van der Waals surface area contributed by atoms with E-state index in [9.17, 15) is 13.2 Å².